The minimum Gasteiger partial charge on any atom is -0.355 e. The Kier molecular flexibility index (Phi) is 22.2. The summed E-state index contributed by atoms with van der Waals surface area (Å²) in [5, 5.41) is 0. The number of nitrogens with one attached hydrogen (secondary N) is 1. The third-order valence-electron chi connectivity index (χ3n) is 12.7. The summed E-state index contributed by atoms with van der Waals surface area (Å²) in [5.74, 6) is 0.724. The van der Waals surface area contributed by atoms with E-state index in [2.05, 4.69) is 35.5 Å². The van der Waals surface area contributed by atoms with Crippen molar-refractivity contribution in [2.45, 2.75) is 122 Å². The van der Waals surface area contributed by atoms with Crippen molar-refractivity contribution in [3.8, 4) is 39.6 Å². The zero-order chi connectivity index (χ0) is 46.6. The van der Waals surface area contributed by atoms with Crippen LogP contribution in [0, 0.1) is 6.92 Å². The fourth-order valence-corrected chi connectivity index (χ4v) is 9.21. The second kappa shape index (κ2) is 28.9. The third-order valence-corrected chi connectivity index (χ3v) is 12.7. The largest absolute Gasteiger partial charge is 1.00 e. The van der Waals surface area contributed by atoms with Crippen molar-refractivity contribution in [3.05, 3.63) is 158 Å². The second-order valence-electron chi connectivity index (χ2n) is 17.9. The molecule has 2 aliphatic rings. The first kappa shape index (κ1) is 53.8. The van der Waals surface area contributed by atoms with Crippen LogP contribution in [-0.2, 0) is 39.0 Å². The molecule has 9 heterocycles. The van der Waals surface area contributed by atoms with Gasteiger partial charge >= 0.3 is 19.5 Å². The summed E-state index contributed by atoms with van der Waals surface area (Å²) in [6, 6.07) is 34.1. The molecule has 1 N–H and O–H groups in total. The molecule has 9 rings (SSSR count). The molecule has 2 aliphatic heterocycles. The van der Waals surface area contributed by atoms with Crippen molar-refractivity contribution in [1.29, 1.82) is 0 Å². The summed E-state index contributed by atoms with van der Waals surface area (Å²) in [6.07, 6.45) is 41.2. The summed E-state index contributed by atoms with van der Waals surface area (Å²) in [7, 11) is 0. The van der Waals surface area contributed by atoms with Crippen LogP contribution in [0.25, 0.3) is 86.0 Å². The molecule has 0 unspecified atom stereocenters. The van der Waals surface area contributed by atoms with Gasteiger partial charge < -0.3 is 11.9 Å². The van der Waals surface area contributed by atoms with E-state index < -0.39 is 0 Å². The maximum atomic E-state index is 5.19. The van der Waals surface area contributed by atoms with E-state index in [1.54, 1.807) is 0 Å². The number of pyridine rings is 4. The Morgan fingerprint density at radius 1 is 0.457 bits per heavy atom. The van der Waals surface area contributed by atoms with Crippen molar-refractivity contribution >= 4 is 46.4 Å². The van der Waals surface area contributed by atoms with Gasteiger partial charge in [0.05, 0.1) is 56.5 Å². The van der Waals surface area contributed by atoms with Crippen LogP contribution in [0.15, 0.2) is 128 Å². The Hall–Kier alpha value is -5.55. The first-order valence-electron chi connectivity index (χ1n) is 25.3. The number of aromatic nitrogens is 8. The van der Waals surface area contributed by atoms with E-state index in [9.17, 15) is 0 Å². The molecular formula is C60H67N8RuZn. The number of hydrogen-bond donors (Lipinski definition) is 1. The molecule has 7 aromatic rings. The molecule has 0 saturated heterocycles. The number of aromatic amines is 1. The molecule has 70 heavy (non-hydrogen) atoms. The quantitative estimate of drug-likeness (QED) is 0.0437. The van der Waals surface area contributed by atoms with Crippen LogP contribution in [0.3, 0.4) is 0 Å². The molecule has 0 aliphatic carbocycles. The van der Waals surface area contributed by atoms with Crippen LogP contribution in [0.2, 0.25) is 0 Å². The van der Waals surface area contributed by atoms with Gasteiger partial charge in [-0.05, 0) is 103 Å². The summed E-state index contributed by atoms with van der Waals surface area (Å²) in [4.78, 5) is 33.3. The van der Waals surface area contributed by atoms with E-state index >= 15 is 0 Å². The van der Waals surface area contributed by atoms with Gasteiger partial charge in [-0.2, -0.15) is 6.42 Å². The summed E-state index contributed by atoms with van der Waals surface area (Å²) in [5.41, 5.74) is 11.8. The van der Waals surface area contributed by atoms with Crippen LogP contribution in [0.1, 0.15) is 145 Å². The van der Waals surface area contributed by atoms with Crippen LogP contribution >= 0.6 is 0 Å². The normalized spacial score (nSPS) is 11.4. The summed E-state index contributed by atoms with van der Waals surface area (Å²) in [6.45, 7) is 6.19. The van der Waals surface area contributed by atoms with Crippen molar-refractivity contribution in [2.75, 3.05) is 0 Å². The molecule has 0 amide bonds. The van der Waals surface area contributed by atoms with Gasteiger partial charge in [-0.1, -0.05) is 140 Å². The minimum atomic E-state index is 0. The zero-order valence-electron chi connectivity index (χ0n) is 41.1. The van der Waals surface area contributed by atoms with Crippen molar-refractivity contribution in [1.82, 2.24) is 39.5 Å². The Morgan fingerprint density at radius 2 is 0.900 bits per heavy atom. The molecule has 10 heteroatoms. The molecule has 0 spiro atoms. The van der Waals surface area contributed by atoms with E-state index in [4.69, 9.17) is 29.9 Å². The second-order valence-corrected chi connectivity index (χ2v) is 17.9. The number of H-pyrrole nitrogens is 1. The maximum absolute atomic E-state index is 5.19. The van der Waals surface area contributed by atoms with E-state index in [0.717, 1.165) is 90.9 Å². The first-order chi connectivity index (χ1) is 33.7. The number of hydrogen-bond acceptors (Lipinski definition) is 6. The van der Waals surface area contributed by atoms with Gasteiger partial charge in [-0.15, -0.1) is 0 Å². The third kappa shape index (κ3) is 14.7. The fourth-order valence-electron chi connectivity index (χ4n) is 9.21. The molecule has 8 nitrogen and oxygen atoms in total. The Labute approximate surface area is 441 Å². The molecule has 0 saturated carbocycles. The molecule has 1 radical (unpaired) electrons. The zero-order valence-corrected chi connectivity index (χ0v) is 45.8. The van der Waals surface area contributed by atoms with Gasteiger partial charge in [0.1, 0.15) is 5.82 Å². The van der Waals surface area contributed by atoms with Crippen LogP contribution in [0.5, 0.6) is 0 Å². The predicted molar refractivity (Wildman–Crippen MR) is 285 cm³/mol. The number of nitrogens with zero attached hydrogens (tertiary/aromatic N) is 7. The first-order valence-corrected chi connectivity index (χ1v) is 25.3. The molecule has 0 aromatic carbocycles. The Bertz CT molecular complexity index is 2860. The van der Waals surface area contributed by atoms with Crippen LogP contribution < -0.4 is 0 Å². The molecule has 0 atom stereocenters. The predicted octanol–water partition coefficient (Wildman–Crippen LogP) is 16.6. The van der Waals surface area contributed by atoms with Crippen LogP contribution in [-0.4, -0.2) is 39.5 Å². The number of unbranched alkanes of at least 4 members (excludes halogenated alkanes) is 17. The molecular weight excluding hydrogens is 999 g/mol. The van der Waals surface area contributed by atoms with Gasteiger partial charge in [0, 0.05) is 66.4 Å². The smallest absolute Gasteiger partial charge is 0.355 e. The Balaban J connectivity index is 0.000000313. The average molecular weight is 1070 g/mol. The Morgan fingerprint density at radius 3 is 1.39 bits per heavy atom. The van der Waals surface area contributed by atoms with Gasteiger partial charge in [0.2, 0.25) is 0 Å². The topological polar surface area (TPSA) is 98.1 Å². The average Bonchev–Trinajstić information content (AvgIpc) is 4.21. The van der Waals surface area contributed by atoms with E-state index in [-0.39, 0.29) is 39.0 Å². The molecule has 357 valence electrons. The van der Waals surface area contributed by atoms with Crippen molar-refractivity contribution in [3.63, 3.8) is 0 Å². The van der Waals surface area contributed by atoms with Crippen molar-refractivity contribution < 1.29 is 39.0 Å². The van der Waals surface area contributed by atoms with Gasteiger partial charge in [0.25, 0.3) is 0 Å². The minimum absolute atomic E-state index is 0. The van der Waals surface area contributed by atoms with E-state index in [1.807, 2.05) is 140 Å². The van der Waals surface area contributed by atoms with E-state index in [1.165, 1.54) is 109 Å². The van der Waals surface area contributed by atoms with Crippen LogP contribution in [0.4, 0.5) is 0 Å². The SMILES string of the molecule is C1=Cc2cc3c(-c4ccccn4)c(-c4ccccn4)c(c(-c4ccccn4)c4nc(cc5ccc(cc1n2)[nH]5)C=C4)n3-c1ccccn1.[CH2-]CCCCCCCCCCCCCCCCCCC.[Ru+].[Zn]. The molecule has 8 bridgehead atoms. The van der Waals surface area contributed by atoms with Gasteiger partial charge in [-0.25, -0.2) is 15.0 Å². The molecule has 0 fully saturated rings. The monoisotopic (exact) mass is 1070 g/mol. The van der Waals surface area contributed by atoms with Gasteiger partial charge in [-0.3, -0.25) is 19.5 Å². The van der Waals surface area contributed by atoms with Crippen molar-refractivity contribution in [2.24, 2.45) is 0 Å². The number of fused-ring (bicyclic) bond motifs is 8. The molecule has 7 aromatic heterocycles. The maximum Gasteiger partial charge on any atom is 1.00 e. The van der Waals surface area contributed by atoms with E-state index in [0.29, 0.717) is 0 Å². The summed E-state index contributed by atoms with van der Waals surface area (Å²) < 4.78 is 2.18. The van der Waals surface area contributed by atoms with Gasteiger partial charge in [0.15, 0.2) is 0 Å². The standard InChI is InChI=1S/C40H26N8.C20H41.Ru.Zn/c1-5-19-41-31(9-1)37-34-18-17-29(47-34)24-28-14-13-26(45-28)23-27-15-16-30(46-27)25-35-38(32-10-2-6-20-42-32)39(33-11-3-7-21-43-33)40(37)48(35)36-12-4-8-22-44-36;1-3-5-7-9-11-13-15-17-19-20-18-16-14-12-10-8-6-4-2;;/h1-25,45H;1,3-20H2,2H3;;/q;-1;+1;. The summed E-state index contributed by atoms with van der Waals surface area (Å²) >= 11 is 0. The number of rotatable bonds is 21. The fraction of sp³-hybridized carbons (Fsp3) is 0.317.